The van der Waals surface area contributed by atoms with E-state index in [1.807, 2.05) is 48.5 Å². The molecule has 0 unspecified atom stereocenters. The van der Waals surface area contributed by atoms with Gasteiger partial charge in [-0.25, -0.2) is 4.98 Å². The molecule has 162 valence electrons. The van der Waals surface area contributed by atoms with E-state index in [-0.39, 0.29) is 5.91 Å². The third kappa shape index (κ3) is 6.27. The first-order valence-electron chi connectivity index (χ1n) is 10.2. The molecule has 2 aromatic carbocycles. The average Bonchev–Trinajstić information content (AvgIpc) is 3.29. The fourth-order valence-corrected chi connectivity index (χ4v) is 4.26. The molecule has 1 aliphatic rings. The number of amides is 1. The van der Waals surface area contributed by atoms with Crippen molar-refractivity contribution in [3.8, 4) is 16.3 Å². The first kappa shape index (κ1) is 21.8. The average molecular weight is 458 g/mol. The second-order valence-electron chi connectivity index (χ2n) is 7.19. The smallest absolute Gasteiger partial charge is 0.270 e. The van der Waals surface area contributed by atoms with E-state index in [0.29, 0.717) is 23.9 Å². The zero-order valence-electron chi connectivity index (χ0n) is 17.1. The quantitative estimate of drug-likeness (QED) is 0.551. The third-order valence-electron chi connectivity index (χ3n) is 4.95. The minimum atomic E-state index is -0.141. The van der Waals surface area contributed by atoms with Gasteiger partial charge < -0.3 is 14.8 Å². The second-order valence-corrected chi connectivity index (χ2v) is 8.49. The van der Waals surface area contributed by atoms with Gasteiger partial charge in [-0.05, 0) is 42.0 Å². The van der Waals surface area contributed by atoms with Crippen molar-refractivity contribution in [3.63, 3.8) is 0 Å². The van der Waals surface area contributed by atoms with Gasteiger partial charge in [0.2, 0.25) is 0 Å². The molecule has 0 spiro atoms. The van der Waals surface area contributed by atoms with Gasteiger partial charge in [0, 0.05) is 42.1 Å². The van der Waals surface area contributed by atoms with Gasteiger partial charge in [0.15, 0.2) is 0 Å². The van der Waals surface area contributed by atoms with Crippen molar-refractivity contribution in [2.45, 2.75) is 6.61 Å². The SMILES string of the molecule is O=C(NCCN1CCOCC1)c1csc(-c2ccc(OCc3cccc(Cl)c3)cc2)n1. The van der Waals surface area contributed by atoms with Crippen LogP contribution < -0.4 is 10.1 Å². The van der Waals surface area contributed by atoms with Crippen LogP contribution in [-0.2, 0) is 11.3 Å². The lowest BCUT2D eigenvalue weighted by Gasteiger charge is -2.26. The Bertz CT molecular complexity index is 1000. The molecule has 4 rings (SSSR count). The Labute approximate surface area is 190 Å². The highest BCUT2D eigenvalue weighted by molar-refractivity contribution is 7.13. The van der Waals surface area contributed by atoms with Crippen molar-refractivity contribution in [2.24, 2.45) is 0 Å². The summed E-state index contributed by atoms with van der Waals surface area (Å²) < 4.78 is 11.2. The van der Waals surface area contributed by atoms with Crippen LogP contribution in [0.25, 0.3) is 10.6 Å². The van der Waals surface area contributed by atoms with E-state index in [2.05, 4.69) is 15.2 Å². The number of aromatic nitrogens is 1. The van der Waals surface area contributed by atoms with Crippen LogP contribution in [0.2, 0.25) is 5.02 Å². The number of halogens is 1. The summed E-state index contributed by atoms with van der Waals surface area (Å²) in [4.78, 5) is 19.2. The number of morpholine rings is 1. The van der Waals surface area contributed by atoms with Crippen molar-refractivity contribution in [2.75, 3.05) is 39.4 Å². The van der Waals surface area contributed by atoms with Gasteiger partial charge in [0.25, 0.3) is 5.91 Å². The van der Waals surface area contributed by atoms with E-state index < -0.39 is 0 Å². The van der Waals surface area contributed by atoms with E-state index in [9.17, 15) is 4.79 Å². The van der Waals surface area contributed by atoms with Gasteiger partial charge in [-0.1, -0.05) is 23.7 Å². The summed E-state index contributed by atoms with van der Waals surface area (Å²) in [6, 6.07) is 15.3. The zero-order chi connectivity index (χ0) is 21.5. The van der Waals surface area contributed by atoms with E-state index in [1.165, 1.54) is 11.3 Å². The molecular formula is C23H24ClN3O3S. The number of nitrogens with one attached hydrogen (secondary N) is 1. The molecule has 0 saturated carbocycles. The monoisotopic (exact) mass is 457 g/mol. The van der Waals surface area contributed by atoms with Crippen molar-refractivity contribution < 1.29 is 14.3 Å². The molecule has 0 aliphatic carbocycles. The Kier molecular flexibility index (Phi) is 7.53. The number of thiazole rings is 1. The van der Waals surface area contributed by atoms with Crippen molar-refractivity contribution >= 4 is 28.8 Å². The zero-order valence-corrected chi connectivity index (χ0v) is 18.6. The van der Waals surface area contributed by atoms with E-state index in [1.54, 1.807) is 5.38 Å². The first-order valence-corrected chi connectivity index (χ1v) is 11.4. The van der Waals surface area contributed by atoms with Crippen LogP contribution in [0.3, 0.4) is 0 Å². The summed E-state index contributed by atoms with van der Waals surface area (Å²) in [5, 5.41) is 6.25. The highest BCUT2D eigenvalue weighted by Crippen LogP contribution is 2.26. The lowest BCUT2D eigenvalue weighted by atomic mass is 10.2. The Morgan fingerprint density at radius 2 is 2.00 bits per heavy atom. The Morgan fingerprint density at radius 3 is 2.77 bits per heavy atom. The molecule has 8 heteroatoms. The van der Waals surface area contributed by atoms with Crippen molar-refractivity contribution in [1.29, 1.82) is 0 Å². The fourth-order valence-electron chi connectivity index (χ4n) is 3.24. The lowest BCUT2D eigenvalue weighted by molar-refractivity contribution is 0.0383. The van der Waals surface area contributed by atoms with Crippen LogP contribution in [0, 0.1) is 0 Å². The summed E-state index contributed by atoms with van der Waals surface area (Å²) in [5.74, 6) is 0.624. The molecule has 6 nitrogen and oxygen atoms in total. The van der Waals surface area contributed by atoms with Crippen LogP contribution >= 0.6 is 22.9 Å². The summed E-state index contributed by atoms with van der Waals surface area (Å²) >= 11 is 7.46. The Hall–Kier alpha value is -2.45. The highest BCUT2D eigenvalue weighted by Gasteiger charge is 2.14. The number of benzene rings is 2. The number of nitrogens with zero attached hydrogens (tertiary/aromatic N) is 2. The van der Waals surface area contributed by atoms with Gasteiger partial charge in [0.1, 0.15) is 23.1 Å². The standard InChI is InChI=1S/C23H24ClN3O3S/c24-19-3-1-2-17(14-19)15-30-20-6-4-18(5-7-20)23-26-21(16-31-23)22(28)25-8-9-27-10-12-29-13-11-27/h1-7,14,16H,8-13,15H2,(H,25,28). The molecule has 3 aromatic rings. The topological polar surface area (TPSA) is 63.7 Å². The number of hydrogen-bond donors (Lipinski definition) is 1. The number of carbonyl (C=O) groups is 1. The summed E-state index contributed by atoms with van der Waals surface area (Å²) in [7, 11) is 0. The molecule has 1 fully saturated rings. The van der Waals surface area contributed by atoms with Crippen LogP contribution in [0.15, 0.2) is 53.9 Å². The predicted molar refractivity (Wildman–Crippen MR) is 123 cm³/mol. The van der Waals surface area contributed by atoms with E-state index >= 15 is 0 Å². The molecule has 2 heterocycles. The Balaban J connectivity index is 1.28. The van der Waals surface area contributed by atoms with Crippen molar-refractivity contribution in [3.05, 3.63) is 70.2 Å². The molecule has 1 aliphatic heterocycles. The summed E-state index contributed by atoms with van der Waals surface area (Å²) in [6.07, 6.45) is 0. The van der Waals surface area contributed by atoms with Gasteiger partial charge in [-0.3, -0.25) is 9.69 Å². The molecule has 1 amide bonds. The van der Waals surface area contributed by atoms with Gasteiger partial charge in [0.05, 0.1) is 13.2 Å². The molecule has 0 atom stereocenters. The molecule has 1 saturated heterocycles. The number of ether oxygens (including phenoxy) is 2. The maximum Gasteiger partial charge on any atom is 0.270 e. The van der Waals surface area contributed by atoms with Gasteiger partial charge >= 0.3 is 0 Å². The number of rotatable bonds is 8. The lowest BCUT2D eigenvalue weighted by Crippen LogP contribution is -2.41. The van der Waals surface area contributed by atoms with E-state index in [4.69, 9.17) is 21.1 Å². The third-order valence-corrected chi connectivity index (χ3v) is 6.08. The minimum absolute atomic E-state index is 0.141. The van der Waals surface area contributed by atoms with Crippen LogP contribution in [0.5, 0.6) is 5.75 Å². The van der Waals surface area contributed by atoms with Crippen LogP contribution in [0.1, 0.15) is 16.1 Å². The first-order chi connectivity index (χ1) is 15.2. The maximum atomic E-state index is 12.4. The molecular weight excluding hydrogens is 434 g/mol. The highest BCUT2D eigenvalue weighted by atomic mass is 35.5. The maximum absolute atomic E-state index is 12.4. The number of hydrogen-bond acceptors (Lipinski definition) is 6. The Morgan fingerprint density at radius 1 is 1.19 bits per heavy atom. The summed E-state index contributed by atoms with van der Waals surface area (Å²) in [5.41, 5.74) is 2.41. The largest absolute Gasteiger partial charge is 0.489 e. The molecule has 1 N–H and O–H groups in total. The molecule has 0 bridgehead atoms. The summed E-state index contributed by atoms with van der Waals surface area (Å²) in [6.45, 7) is 5.21. The number of carbonyl (C=O) groups excluding carboxylic acids is 1. The van der Waals surface area contributed by atoms with E-state index in [0.717, 1.165) is 54.7 Å². The molecule has 0 radical (unpaired) electrons. The second kappa shape index (κ2) is 10.7. The minimum Gasteiger partial charge on any atom is -0.489 e. The predicted octanol–water partition coefficient (Wildman–Crippen LogP) is 4.10. The van der Waals surface area contributed by atoms with Crippen LogP contribution in [-0.4, -0.2) is 55.2 Å². The fraction of sp³-hybridized carbons (Fsp3) is 0.304. The molecule has 1 aromatic heterocycles. The van der Waals surface area contributed by atoms with Gasteiger partial charge in [-0.2, -0.15) is 0 Å². The van der Waals surface area contributed by atoms with Crippen LogP contribution in [0.4, 0.5) is 0 Å². The van der Waals surface area contributed by atoms with Gasteiger partial charge in [-0.15, -0.1) is 11.3 Å². The molecule has 31 heavy (non-hydrogen) atoms. The van der Waals surface area contributed by atoms with Crippen molar-refractivity contribution in [1.82, 2.24) is 15.2 Å². The normalized spacial score (nSPS) is 14.4.